The molecule has 0 aliphatic carbocycles. The van der Waals surface area contributed by atoms with Gasteiger partial charge in [-0.25, -0.2) is 14.8 Å². The van der Waals surface area contributed by atoms with Crippen LogP contribution < -0.4 is 10.1 Å². The van der Waals surface area contributed by atoms with E-state index in [1.165, 1.54) is 11.3 Å². The van der Waals surface area contributed by atoms with Crippen LogP contribution in [0.25, 0.3) is 16.2 Å². The number of nitrogens with zero attached hydrogens (tertiary/aromatic N) is 3. The highest BCUT2D eigenvalue weighted by Gasteiger charge is 2.18. The SMILES string of the molecule is CCOC(=O)c1csc(NC(=O)c2csc3nc(-c4cccc(OC)c4)cn23)n1. The zero-order valence-corrected chi connectivity index (χ0v) is 17.2. The molecule has 0 unspecified atom stereocenters. The van der Waals surface area contributed by atoms with Crippen LogP contribution in [0.5, 0.6) is 5.75 Å². The number of thiazole rings is 2. The van der Waals surface area contributed by atoms with E-state index in [-0.39, 0.29) is 18.2 Å². The van der Waals surface area contributed by atoms with Gasteiger partial charge in [0.15, 0.2) is 15.8 Å². The van der Waals surface area contributed by atoms with Crippen LogP contribution in [-0.4, -0.2) is 40.0 Å². The second-order valence-electron chi connectivity index (χ2n) is 5.84. The Bertz CT molecular complexity index is 1190. The van der Waals surface area contributed by atoms with Crippen LogP contribution in [0, 0.1) is 0 Å². The van der Waals surface area contributed by atoms with Crippen molar-refractivity contribution in [2.24, 2.45) is 0 Å². The minimum Gasteiger partial charge on any atom is -0.497 e. The molecule has 29 heavy (non-hydrogen) atoms. The van der Waals surface area contributed by atoms with Gasteiger partial charge in [0.1, 0.15) is 11.4 Å². The number of methoxy groups -OCH3 is 1. The second-order valence-corrected chi connectivity index (χ2v) is 7.54. The molecule has 148 valence electrons. The number of rotatable bonds is 6. The van der Waals surface area contributed by atoms with E-state index in [1.807, 2.05) is 24.3 Å². The lowest BCUT2D eigenvalue weighted by Crippen LogP contribution is -2.14. The number of esters is 1. The van der Waals surface area contributed by atoms with E-state index in [1.54, 1.807) is 35.4 Å². The predicted octanol–water partition coefficient (Wildman–Crippen LogP) is 3.96. The average molecular weight is 428 g/mol. The number of carbonyl (C=O) groups is 2. The number of hydrogen-bond donors (Lipinski definition) is 1. The van der Waals surface area contributed by atoms with Crippen LogP contribution in [0.4, 0.5) is 5.13 Å². The van der Waals surface area contributed by atoms with Crippen molar-refractivity contribution in [2.75, 3.05) is 19.0 Å². The highest BCUT2D eigenvalue weighted by molar-refractivity contribution is 7.15. The Hall–Kier alpha value is -3.24. The van der Waals surface area contributed by atoms with Crippen LogP contribution in [0.15, 0.2) is 41.2 Å². The molecule has 1 amide bonds. The summed E-state index contributed by atoms with van der Waals surface area (Å²) < 4.78 is 11.9. The summed E-state index contributed by atoms with van der Waals surface area (Å²) >= 11 is 2.53. The van der Waals surface area contributed by atoms with E-state index >= 15 is 0 Å². The van der Waals surface area contributed by atoms with Gasteiger partial charge in [-0.2, -0.15) is 0 Å². The Kier molecular flexibility index (Phi) is 5.28. The summed E-state index contributed by atoms with van der Waals surface area (Å²) in [6, 6.07) is 7.57. The number of anilines is 1. The average Bonchev–Trinajstić information content (AvgIpc) is 3.43. The van der Waals surface area contributed by atoms with Gasteiger partial charge in [0, 0.05) is 22.5 Å². The molecule has 3 aromatic heterocycles. The molecule has 0 saturated heterocycles. The number of nitrogens with one attached hydrogen (secondary N) is 1. The summed E-state index contributed by atoms with van der Waals surface area (Å²) in [5.74, 6) is -0.117. The van der Waals surface area contributed by atoms with Gasteiger partial charge in [0.05, 0.1) is 19.4 Å². The molecule has 0 bridgehead atoms. The molecule has 0 saturated carbocycles. The topological polar surface area (TPSA) is 94.8 Å². The van der Waals surface area contributed by atoms with Crippen LogP contribution in [-0.2, 0) is 4.74 Å². The first-order valence-electron chi connectivity index (χ1n) is 8.64. The lowest BCUT2D eigenvalue weighted by molar-refractivity contribution is 0.0520. The number of ether oxygens (including phenoxy) is 2. The Morgan fingerprint density at radius 1 is 1.21 bits per heavy atom. The first-order valence-corrected chi connectivity index (χ1v) is 10.4. The van der Waals surface area contributed by atoms with E-state index < -0.39 is 5.97 Å². The number of hydrogen-bond acceptors (Lipinski definition) is 8. The van der Waals surface area contributed by atoms with E-state index in [2.05, 4.69) is 15.3 Å². The fraction of sp³-hybridized carbons (Fsp3) is 0.158. The summed E-state index contributed by atoms with van der Waals surface area (Å²) in [6.07, 6.45) is 1.81. The van der Waals surface area contributed by atoms with Gasteiger partial charge in [-0.05, 0) is 19.1 Å². The summed E-state index contributed by atoms with van der Waals surface area (Å²) in [5.41, 5.74) is 2.24. The maximum absolute atomic E-state index is 12.7. The largest absolute Gasteiger partial charge is 0.497 e. The molecular formula is C19H16N4O4S2. The summed E-state index contributed by atoms with van der Waals surface area (Å²) in [5, 5.41) is 6.32. The van der Waals surface area contributed by atoms with Crippen LogP contribution in [0.2, 0.25) is 0 Å². The van der Waals surface area contributed by atoms with Gasteiger partial charge in [0.25, 0.3) is 5.91 Å². The van der Waals surface area contributed by atoms with Gasteiger partial charge in [-0.3, -0.25) is 14.5 Å². The molecule has 0 aliphatic heterocycles. The van der Waals surface area contributed by atoms with E-state index in [4.69, 9.17) is 9.47 Å². The molecule has 0 spiro atoms. The molecule has 0 radical (unpaired) electrons. The van der Waals surface area contributed by atoms with Crippen LogP contribution in [0.1, 0.15) is 27.9 Å². The quantitative estimate of drug-likeness (QED) is 0.467. The smallest absolute Gasteiger partial charge is 0.357 e. The van der Waals surface area contributed by atoms with Gasteiger partial charge in [-0.15, -0.1) is 22.7 Å². The third kappa shape index (κ3) is 3.84. The first kappa shape index (κ1) is 19.1. The Morgan fingerprint density at radius 2 is 2.07 bits per heavy atom. The Labute approximate surface area is 173 Å². The molecule has 8 nitrogen and oxygen atoms in total. The van der Waals surface area contributed by atoms with Gasteiger partial charge in [0.2, 0.25) is 0 Å². The molecule has 0 atom stereocenters. The molecule has 4 aromatic rings. The number of fused-ring (bicyclic) bond motifs is 1. The normalized spacial score (nSPS) is 10.8. The molecular weight excluding hydrogens is 412 g/mol. The number of benzene rings is 1. The highest BCUT2D eigenvalue weighted by Crippen LogP contribution is 2.27. The summed E-state index contributed by atoms with van der Waals surface area (Å²) in [6.45, 7) is 1.99. The van der Waals surface area contributed by atoms with E-state index in [0.29, 0.717) is 15.8 Å². The fourth-order valence-electron chi connectivity index (χ4n) is 2.66. The van der Waals surface area contributed by atoms with Crippen molar-refractivity contribution in [1.29, 1.82) is 0 Å². The van der Waals surface area contributed by atoms with Crippen molar-refractivity contribution in [2.45, 2.75) is 6.92 Å². The predicted molar refractivity (Wildman–Crippen MR) is 111 cm³/mol. The van der Waals surface area contributed by atoms with Crippen molar-refractivity contribution >= 4 is 44.6 Å². The number of imidazole rings is 1. The number of aromatic nitrogens is 3. The lowest BCUT2D eigenvalue weighted by atomic mass is 10.1. The minimum absolute atomic E-state index is 0.172. The molecule has 1 aromatic carbocycles. The molecule has 3 heterocycles. The maximum atomic E-state index is 12.7. The molecule has 0 fully saturated rings. The van der Waals surface area contributed by atoms with Gasteiger partial charge >= 0.3 is 5.97 Å². The van der Waals surface area contributed by atoms with Crippen molar-refractivity contribution < 1.29 is 19.1 Å². The van der Waals surface area contributed by atoms with E-state index in [0.717, 1.165) is 28.3 Å². The Balaban J connectivity index is 1.57. The van der Waals surface area contributed by atoms with Crippen molar-refractivity contribution in [1.82, 2.24) is 14.4 Å². The monoisotopic (exact) mass is 428 g/mol. The molecule has 0 aliphatic rings. The van der Waals surface area contributed by atoms with Gasteiger partial charge in [-0.1, -0.05) is 12.1 Å². The Morgan fingerprint density at radius 3 is 2.86 bits per heavy atom. The fourth-order valence-corrected chi connectivity index (χ4v) is 4.19. The van der Waals surface area contributed by atoms with Crippen molar-refractivity contribution in [3.8, 4) is 17.0 Å². The number of carbonyl (C=O) groups excluding carboxylic acids is 2. The molecule has 1 N–H and O–H groups in total. The summed E-state index contributed by atoms with van der Waals surface area (Å²) in [4.78, 5) is 33.8. The van der Waals surface area contributed by atoms with Crippen molar-refractivity contribution in [3.63, 3.8) is 0 Å². The maximum Gasteiger partial charge on any atom is 0.357 e. The van der Waals surface area contributed by atoms with Crippen LogP contribution >= 0.6 is 22.7 Å². The second kappa shape index (κ2) is 8.02. The summed E-state index contributed by atoms with van der Waals surface area (Å²) in [7, 11) is 1.61. The zero-order valence-electron chi connectivity index (χ0n) is 15.5. The third-order valence-electron chi connectivity index (χ3n) is 4.02. The van der Waals surface area contributed by atoms with E-state index in [9.17, 15) is 9.59 Å². The molecule has 4 rings (SSSR count). The third-order valence-corrected chi connectivity index (χ3v) is 5.61. The molecule has 10 heteroatoms. The standard InChI is InChI=1S/C19H16N4O4S2/c1-3-27-17(25)14-9-28-18(20-14)22-16(24)15-10-29-19-21-13(8-23(15)19)11-5-4-6-12(7-11)26-2/h4-10H,3H2,1-2H3,(H,20,22,24). The first-order chi connectivity index (χ1) is 14.1. The van der Waals surface area contributed by atoms with Crippen LogP contribution in [0.3, 0.4) is 0 Å². The number of amides is 1. The lowest BCUT2D eigenvalue weighted by Gasteiger charge is -2.02. The minimum atomic E-state index is -0.514. The highest BCUT2D eigenvalue weighted by atomic mass is 32.1. The van der Waals surface area contributed by atoms with Gasteiger partial charge < -0.3 is 9.47 Å². The zero-order chi connectivity index (χ0) is 20.4. The van der Waals surface area contributed by atoms with Crippen molar-refractivity contribution in [3.05, 3.63) is 52.6 Å².